The fourth-order valence-electron chi connectivity index (χ4n) is 7.12. The van der Waals surface area contributed by atoms with Gasteiger partial charge in [-0.25, -0.2) is 0 Å². The summed E-state index contributed by atoms with van der Waals surface area (Å²) in [5.74, 6) is -2.35. The number of likely N-dealkylation sites (N-methyl/N-ethyl adjacent to an activating group) is 1. The van der Waals surface area contributed by atoms with Crippen LogP contribution in [0, 0.1) is 0 Å². The number of hydrogen-bond donors (Lipinski definition) is 6. The fourth-order valence-corrected chi connectivity index (χ4v) is 7.12. The molecule has 0 spiro atoms. The van der Waals surface area contributed by atoms with E-state index in [1.165, 1.54) is 12.1 Å². The molecule has 0 radical (unpaired) electrons. The molecular weight excluding hydrogens is 532 g/mol. The number of phenolic OH excluding ortho intramolecular Hbond substituents is 2. The van der Waals surface area contributed by atoms with Gasteiger partial charge in [0.1, 0.15) is 35.1 Å². The molecule has 7 unspecified atom stereocenters. The van der Waals surface area contributed by atoms with Gasteiger partial charge in [-0.2, -0.15) is 0 Å². The third-order valence-electron chi connectivity index (χ3n) is 9.06. The standard InChI is InChI=1S/C30H36N2O9/c1-6-7-31-15-11-29(2,39)10-12-8-13-18(23(35)17(12)15)24(36)19-16(33)9-14-26(20(19)22(13)34)40-28-25(37)21(32(4)5)27(38)30(14,3)41-28/h8-9,15,21,25,27-28,31,33,35,37-39H,6-7,10-11H2,1-5H3. The number of carbonyl (C=O) groups excluding carboxylic acids is 2. The fraction of sp³-hybridized carbons (Fsp3) is 0.533. The summed E-state index contributed by atoms with van der Waals surface area (Å²) >= 11 is 0. The molecule has 220 valence electrons. The minimum Gasteiger partial charge on any atom is -0.507 e. The Bertz CT molecular complexity index is 1490. The van der Waals surface area contributed by atoms with Gasteiger partial charge in [-0.1, -0.05) is 6.92 Å². The van der Waals surface area contributed by atoms with Crippen LogP contribution in [-0.4, -0.2) is 92.8 Å². The number of rotatable bonds is 4. The van der Waals surface area contributed by atoms with E-state index >= 15 is 0 Å². The third kappa shape index (κ3) is 3.87. The van der Waals surface area contributed by atoms with Crippen LogP contribution >= 0.6 is 0 Å². The Morgan fingerprint density at radius 2 is 1.78 bits per heavy atom. The second kappa shape index (κ2) is 9.22. The monoisotopic (exact) mass is 568 g/mol. The molecule has 2 aliphatic heterocycles. The number of phenols is 2. The zero-order valence-corrected chi connectivity index (χ0v) is 23.7. The Hall–Kier alpha value is -3.06. The van der Waals surface area contributed by atoms with Crippen molar-refractivity contribution in [2.75, 3.05) is 20.6 Å². The molecule has 11 heteroatoms. The highest BCUT2D eigenvalue weighted by Crippen LogP contribution is 2.54. The van der Waals surface area contributed by atoms with Crippen LogP contribution in [0.2, 0.25) is 0 Å². The average molecular weight is 569 g/mol. The van der Waals surface area contributed by atoms with Gasteiger partial charge in [-0.05, 0) is 65.0 Å². The van der Waals surface area contributed by atoms with E-state index in [1.807, 2.05) is 6.92 Å². The van der Waals surface area contributed by atoms with E-state index in [9.17, 15) is 35.1 Å². The van der Waals surface area contributed by atoms with Crippen molar-refractivity contribution in [3.05, 3.63) is 51.1 Å². The average Bonchev–Trinajstić information content (AvgIpc) is 2.88. The number of nitrogens with one attached hydrogen (secondary N) is 1. The predicted octanol–water partition coefficient (Wildman–Crippen LogP) is 1.23. The van der Waals surface area contributed by atoms with Gasteiger partial charge in [0.25, 0.3) is 0 Å². The van der Waals surface area contributed by atoms with Crippen molar-refractivity contribution >= 4 is 11.6 Å². The number of nitrogens with zero attached hydrogens (tertiary/aromatic N) is 1. The van der Waals surface area contributed by atoms with Crippen LogP contribution in [0.1, 0.15) is 88.2 Å². The number of fused-ring (bicyclic) bond motifs is 8. The molecule has 6 rings (SSSR count). The second-order valence-corrected chi connectivity index (χ2v) is 12.4. The maximum Gasteiger partial charge on any atom is 0.228 e. The van der Waals surface area contributed by atoms with Crippen molar-refractivity contribution in [1.82, 2.24) is 10.2 Å². The van der Waals surface area contributed by atoms with Crippen molar-refractivity contribution in [2.45, 2.75) is 81.8 Å². The molecule has 2 aromatic carbocycles. The Balaban J connectivity index is 1.55. The van der Waals surface area contributed by atoms with Crippen molar-refractivity contribution in [3.8, 4) is 17.2 Å². The summed E-state index contributed by atoms with van der Waals surface area (Å²) in [7, 11) is 3.39. The van der Waals surface area contributed by atoms with Gasteiger partial charge in [0.15, 0.2) is 5.78 Å². The Morgan fingerprint density at radius 1 is 1.07 bits per heavy atom. The first-order valence-corrected chi connectivity index (χ1v) is 13.9. The predicted molar refractivity (Wildman–Crippen MR) is 145 cm³/mol. The third-order valence-corrected chi connectivity index (χ3v) is 9.06. The topological polar surface area (TPSA) is 169 Å². The van der Waals surface area contributed by atoms with Gasteiger partial charge < -0.3 is 45.2 Å². The van der Waals surface area contributed by atoms with Crippen molar-refractivity contribution < 1.29 is 44.6 Å². The molecule has 1 saturated heterocycles. The molecule has 11 nitrogen and oxygen atoms in total. The summed E-state index contributed by atoms with van der Waals surface area (Å²) in [5, 5.41) is 59.3. The number of benzene rings is 2. The van der Waals surface area contributed by atoms with E-state index in [2.05, 4.69) is 5.32 Å². The Labute approximate surface area is 237 Å². The number of aliphatic hydroxyl groups excluding tert-OH is 2. The zero-order chi connectivity index (χ0) is 29.8. The number of aromatic hydroxyl groups is 2. The molecule has 7 atom stereocenters. The first kappa shape index (κ1) is 28.1. The highest BCUT2D eigenvalue weighted by atomic mass is 16.7. The van der Waals surface area contributed by atoms with Crippen LogP contribution in [0.5, 0.6) is 17.2 Å². The van der Waals surface area contributed by atoms with E-state index in [0.717, 1.165) is 6.42 Å². The molecule has 2 bridgehead atoms. The minimum atomic E-state index is -1.49. The first-order chi connectivity index (χ1) is 19.2. The van der Waals surface area contributed by atoms with Crippen LogP contribution in [0.3, 0.4) is 0 Å². The summed E-state index contributed by atoms with van der Waals surface area (Å²) in [6.07, 6.45) is -2.57. The van der Waals surface area contributed by atoms with Gasteiger partial charge >= 0.3 is 0 Å². The molecule has 2 aliphatic carbocycles. The summed E-state index contributed by atoms with van der Waals surface area (Å²) < 4.78 is 12.0. The van der Waals surface area contributed by atoms with E-state index in [0.29, 0.717) is 24.1 Å². The van der Waals surface area contributed by atoms with Crippen LogP contribution in [0.25, 0.3) is 0 Å². The molecule has 4 aliphatic rings. The largest absolute Gasteiger partial charge is 0.507 e. The molecule has 2 aromatic rings. The maximum atomic E-state index is 14.2. The van der Waals surface area contributed by atoms with Gasteiger partial charge in [0.2, 0.25) is 12.1 Å². The van der Waals surface area contributed by atoms with Crippen LogP contribution in [0.15, 0.2) is 12.1 Å². The molecule has 0 aromatic heterocycles. The van der Waals surface area contributed by atoms with E-state index in [4.69, 9.17) is 9.47 Å². The Morgan fingerprint density at radius 3 is 2.44 bits per heavy atom. The van der Waals surface area contributed by atoms with Crippen LogP contribution in [-0.2, 0) is 16.8 Å². The summed E-state index contributed by atoms with van der Waals surface area (Å²) in [4.78, 5) is 29.8. The number of carbonyl (C=O) groups is 2. The van der Waals surface area contributed by atoms with Crippen molar-refractivity contribution in [1.29, 1.82) is 0 Å². The second-order valence-electron chi connectivity index (χ2n) is 12.4. The van der Waals surface area contributed by atoms with E-state index in [-0.39, 0.29) is 45.7 Å². The van der Waals surface area contributed by atoms with Crippen molar-refractivity contribution in [2.24, 2.45) is 0 Å². The van der Waals surface area contributed by atoms with Gasteiger partial charge in [-0.15, -0.1) is 0 Å². The Kier molecular flexibility index (Phi) is 6.31. The molecule has 0 saturated carbocycles. The lowest BCUT2D eigenvalue weighted by molar-refractivity contribution is -0.311. The normalized spacial score (nSPS) is 33.5. The lowest BCUT2D eigenvalue weighted by atomic mass is 9.72. The lowest BCUT2D eigenvalue weighted by Crippen LogP contribution is -2.68. The smallest absolute Gasteiger partial charge is 0.228 e. The highest BCUT2D eigenvalue weighted by Gasteiger charge is 2.59. The minimum absolute atomic E-state index is 0.0671. The number of aliphatic hydroxyl groups is 3. The molecule has 1 fully saturated rings. The van der Waals surface area contributed by atoms with Gasteiger partial charge in [0.05, 0.1) is 28.3 Å². The van der Waals surface area contributed by atoms with Crippen LogP contribution < -0.4 is 10.1 Å². The van der Waals surface area contributed by atoms with Crippen molar-refractivity contribution in [3.63, 3.8) is 0 Å². The number of ether oxygens (including phenoxy) is 2. The molecule has 0 amide bonds. The summed E-state index contributed by atoms with van der Waals surface area (Å²) in [6.45, 7) is 5.88. The van der Waals surface area contributed by atoms with Gasteiger partial charge in [-0.3, -0.25) is 9.59 Å². The summed E-state index contributed by atoms with van der Waals surface area (Å²) in [6, 6.07) is 1.54. The SMILES string of the molecule is CCCNC1CC(C)(O)Cc2cc3c(c(O)c21)C(=O)c1c(O)cc2c(c1C3=O)OC1OC2(C)C(O)C(N(C)C)C1O. The maximum absolute atomic E-state index is 14.2. The summed E-state index contributed by atoms with van der Waals surface area (Å²) in [5.41, 5.74) is -2.28. The number of ketones is 2. The lowest BCUT2D eigenvalue weighted by Gasteiger charge is -2.53. The first-order valence-electron chi connectivity index (χ1n) is 13.9. The van der Waals surface area contributed by atoms with E-state index < -0.39 is 59.1 Å². The molecule has 2 heterocycles. The van der Waals surface area contributed by atoms with Crippen LogP contribution in [0.4, 0.5) is 0 Å². The molecule has 41 heavy (non-hydrogen) atoms. The number of hydrogen-bond acceptors (Lipinski definition) is 11. The van der Waals surface area contributed by atoms with E-state index in [1.54, 1.807) is 32.8 Å². The quantitative estimate of drug-likeness (QED) is 0.268. The zero-order valence-electron chi connectivity index (χ0n) is 23.7. The highest BCUT2D eigenvalue weighted by molar-refractivity contribution is 6.31. The van der Waals surface area contributed by atoms with Gasteiger partial charge in [0, 0.05) is 29.2 Å². The molecular formula is C30H36N2O9. The molecule has 6 N–H and O–H groups in total.